The predicted molar refractivity (Wildman–Crippen MR) is 91.6 cm³/mol. The maximum absolute atomic E-state index is 3.66. The van der Waals surface area contributed by atoms with Crippen LogP contribution in [0.4, 0.5) is 0 Å². The van der Waals surface area contributed by atoms with Crippen molar-refractivity contribution in [2.75, 3.05) is 7.05 Å². The molecule has 0 saturated heterocycles. The number of nitrogens with one attached hydrogen (secondary N) is 1. The van der Waals surface area contributed by atoms with Gasteiger partial charge in [-0.2, -0.15) is 0 Å². The average Bonchev–Trinajstić information content (AvgIpc) is 2.43. The van der Waals surface area contributed by atoms with Crippen LogP contribution in [0, 0.1) is 0 Å². The van der Waals surface area contributed by atoms with Gasteiger partial charge in [0, 0.05) is 20.8 Å². The molecule has 0 spiro atoms. The van der Waals surface area contributed by atoms with Crippen molar-refractivity contribution in [2.24, 2.45) is 0 Å². The molecule has 2 aromatic carbocycles. The molecule has 106 valence electrons. The number of rotatable bonds is 5. The van der Waals surface area contributed by atoms with Crippen LogP contribution in [0.1, 0.15) is 30.9 Å². The Bertz CT molecular complexity index is 564. The molecule has 0 unspecified atom stereocenters. The van der Waals surface area contributed by atoms with Crippen LogP contribution >= 0.6 is 27.7 Å². The van der Waals surface area contributed by atoms with Crippen LogP contribution in [-0.2, 0) is 6.54 Å². The molecule has 0 radical (unpaired) electrons. The van der Waals surface area contributed by atoms with Gasteiger partial charge in [0.15, 0.2) is 0 Å². The van der Waals surface area contributed by atoms with Crippen molar-refractivity contribution >= 4 is 27.7 Å². The minimum Gasteiger partial charge on any atom is -0.316 e. The minimum atomic E-state index is 0.585. The first-order valence-electron chi connectivity index (χ1n) is 6.81. The number of hydrogen-bond donors (Lipinski definition) is 1. The second kappa shape index (κ2) is 7.30. The molecule has 1 nitrogen and oxygen atoms in total. The van der Waals surface area contributed by atoms with Crippen LogP contribution in [0.25, 0.3) is 0 Å². The van der Waals surface area contributed by atoms with E-state index in [1.165, 1.54) is 20.9 Å². The zero-order valence-corrected chi connectivity index (χ0v) is 14.5. The van der Waals surface area contributed by atoms with Crippen molar-refractivity contribution in [1.29, 1.82) is 0 Å². The first kappa shape index (κ1) is 15.6. The highest BCUT2D eigenvalue weighted by atomic mass is 79.9. The molecule has 3 heteroatoms. The summed E-state index contributed by atoms with van der Waals surface area (Å²) in [4.78, 5) is 2.53. The largest absolute Gasteiger partial charge is 0.316 e. The second-order valence-corrected chi connectivity index (χ2v) is 7.09. The molecule has 0 aliphatic carbocycles. The maximum atomic E-state index is 3.66. The Morgan fingerprint density at radius 3 is 2.35 bits per heavy atom. The molecule has 0 aliphatic heterocycles. The van der Waals surface area contributed by atoms with Crippen LogP contribution in [0.15, 0.2) is 56.7 Å². The Labute approximate surface area is 134 Å². The van der Waals surface area contributed by atoms with Crippen LogP contribution in [-0.4, -0.2) is 7.05 Å². The second-order valence-electron chi connectivity index (χ2n) is 5.12. The Hall–Kier alpha value is -0.770. The fourth-order valence-corrected chi connectivity index (χ4v) is 3.48. The Morgan fingerprint density at radius 2 is 1.80 bits per heavy atom. The van der Waals surface area contributed by atoms with Crippen molar-refractivity contribution in [1.82, 2.24) is 5.32 Å². The third kappa shape index (κ3) is 4.11. The molecule has 0 aromatic heterocycles. The van der Waals surface area contributed by atoms with Gasteiger partial charge in [-0.1, -0.05) is 43.8 Å². The molecule has 20 heavy (non-hydrogen) atoms. The van der Waals surface area contributed by atoms with E-state index in [1.54, 1.807) is 11.8 Å². The van der Waals surface area contributed by atoms with E-state index < -0.39 is 0 Å². The lowest BCUT2D eigenvalue weighted by Crippen LogP contribution is -2.04. The third-order valence-corrected chi connectivity index (χ3v) is 5.15. The summed E-state index contributed by atoms with van der Waals surface area (Å²) < 4.78 is 1.16. The van der Waals surface area contributed by atoms with Gasteiger partial charge in [-0.25, -0.2) is 0 Å². The van der Waals surface area contributed by atoms with E-state index in [4.69, 9.17) is 0 Å². The first-order valence-corrected chi connectivity index (χ1v) is 8.42. The molecule has 0 saturated carbocycles. The summed E-state index contributed by atoms with van der Waals surface area (Å²) in [6.45, 7) is 5.34. The van der Waals surface area contributed by atoms with Crippen molar-refractivity contribution in [3.8, 4) is 0 Å². The molecule has 2 aromatic rings. The Balaban J connectivity index is 2.13. The van der Waals surface area contributed by atoms with E-state index in [0.29, 0.717) is 5.92 Å². The molecule has 0 bridgehead atoms. The van der Waals surface area contributed by atoms with Gasteiger partial charge < -0.3 is 5.32 Å². The smallest absolute Gasteiger partial charge is 0.0318 e. The average molecular weight is 350 g/mol. The van der Waals surface area contributed by atoms with Gasteiger partial charge in [0.25, 0.3) is 0 Å². The fourth-order valence-electron chi connectivity index (χ4n) is 1.99. The summed E-state index contributed by atoms with van der Waals surface area (Å²) in [5, 5.41) is 3.17. The molecule has 0 fully saturated rings. The molecular weight excluding hydrogens is 330 g/mol. The van der Waals surface area contributed by atoms with Gasteiger partial charge in [0.1, 0.15) is 0 Å². The van der Waals surface area contributed by atoms with E-state index in [9.17, 15) is 0 Å². The zero-order chi connectivity index (χ0) is 14.5. The number of hydrogen-bond acceptors (Lipinski definition) is 2. The Kier molecular flexibility index (Phi) is 5.70. The molecule has 1 N–H and O–H groups in total. The summed E-state index contributed by atoms with van der Waals surface area (Å²) in [5.74, 6) is 0.585. The van der Waals surface area contributed by atoms with E-state index in [-0.39, 0.29) is 0 Å². The SMILES string of the molecule is CNCc1ccc(Sc2ccc(C(C)C)cc2)c(Br)c1. The highest BCUT2D eigenvalue weighted by Gasteiger charge is 2.05. The van der Waals surface area contributed by atoms with E-state index in [2.05, 4.69) is 77.6 Å². The number of benzene rings is 2. The van der Waals surface area contributed by atoms with Crippen LogP contribution < -0.4 is 5.32 Å². The highest BCUT2D eigenvalue weighted by Crippen LogP contribution is 2.34. The van der Waals surface area contributed by atoms with Crippen LogP contribution in [0.2, 0.25) is 0 Å². The third-order valence-electron chi connectivity index (χ3n) is 3.15. The monoisotopic (exact) mass is 349 g/mol. The van der Waals surface area contributed by atoms with Gasteiger partial charge in [-0.3, -0.25) is 0 Å². The molecule has 0 atom stereocenters. The minimum absolute atomic E-state index is 0.585. The van der Waals surface area contributed by atoms with E-state index >= 15 is 0 Å². The van der Waals surface area contributed by atoms with E-state index in [0.717, 1.165) is 11.0 Å². The lowest BCUT2D eigenvalue weighted by atomic mass is 10.0. The van der Waals surface area contributed by atoms with Gasteiger partial charge >= 0.3 is 0 Å². The van der Waals surface area contributed by atoms with Crippen LogP contribution in [0.3, 0.4) is 0 Å². The van der Waals surface area contributed by atoms with Gasteiger partial charge in [-0.15, -0.1) is 0 Å². The van der Waals surface area contributed by atoms with Crippen molar-refractivity contribution in [3.05, 3.63) is 58.1 Å². The van der Waals surface area contributed by atoms with Crippen molar-refractivity contribution in [3.63, 3.8) is 0 Å². The zero-order valence-electron chi connectivity index (χ0n) is 12.1. The number of halogens is 1. The molecule has 2 rings (SSSR count). The molecule has 0 aliphatic rings. The normalized spacial score (nSPS) is 11.1. The molecule has 0 amide bonds. The quantitative estimate of drug-likeness (QED) is 0.770. The molecule has 0 heterocycles. The predicted octanol–water partition coefficient (Wildman–Crippen LogP) is 5.44. The summed E-state index contributed by atoms with van der Waals surface area (Å²) in [7, 11) is 1.97. The fraction of sp³-hybridized carbons (Fsp3) is 0.294. The standard InChI is InChI=1S/C17H20BrNS/c1-12(2)14-5-7-15(8-6-14)20-17-9-4-13(11-19-3)10-16(17)18/h4-10,12,19H,11H2,1-3H3. The van der Waals surface area contributed by atoms with Crippen molar-refractivity contribution in [2.45, 2.75) is 36.1 Å². The van der Waals surface area contributed by atoms with Gasteiger partial charge in [0.2, 0.25) is 0 Å². The topological polar surface area (TPSA) is 12.0 Å². The van der Waals surface area contributed by atoms with Gasteiger partial charge in [0.05, 0.1) is 0 Å². The lowest BCUT2D eigenvalue weighted by molar-refractivity contribution is 0.816. The highest BCUT2D eigenvalue weighted by molar-refractivity contribution is 9.10. The van der Waals surface area contributed by atoms with E-state index in [1.807, 2.05) is 7.05 Å². The summed E-state index contributed by atoms with van der Waals surface area (Å²) >= 11 is 5.46. The maximum Gasteiger partial charge on any atom is 0.0318 e. The molecular formula is C17H20BrNS. The van der Waals surface area contributed by atoms with Crippen molar-refractivity contribution < 1.29 is 0 Å². The Morgan fingerprint density at radius 1 is 1.10 bits per heavy atom. The van der Waals surface area contributed by atoms with Gasteiger partial charge in [-0.05, 0) is 64.3 Å². The first-order chi connectivity index (χ1) is 9.60. The summed E-state index contributed by atoms with van der Waals surface area (Å²) in [5.41, 5.74) is 2.68. The lowest BCUT2D eigenvalue weighted by Gasteiger charge is -2.09. The van der Waals surface area contributed by atoms with Crippen LogP contribution in [0.5, 0.6) is 0 Å². The summed E-state index contributed by atoms with van der Waals surface area (Å²) in [6.07, 6.45) is 0. The summed E-state index contributed by atoms with van der Waals surface area (Å²) in [6, 6.07) is 15.4.